The molecule has 6 nitrogen and oxygen atoms in total. The molecular formula is C25H19AsFN4O2+. The van der Waals surface area contributed by atoms with Crippen LogP contribution in [0.25, 0.3) is 10.9 Å². The van der Waals surface area contributed by atoms with Crippen LogP contribution in [0.3, 0.4) is 0 Å². The molecule has 6 rings (SSSR count). The molecule has 0 bridgehead atoms. The van der Waals surface area contributed by atoms with Crippen LogP contribution in [0.15, 0.2) is 88.4 Å². The average Bonchev–Trinajstić information content (AvgIpc) is 3.11. The standard InChI is InChI=1S/C25H19AsFN4O2/c26-31-11-10-28-14-20(31)23(16-12-17(32)13-16)30-25(31)19-8-6-15-7-9-21(29-24(15)22(19)27)33-18-4-2-1-3-5-18/h1-11,14,16-17,32H,12-13H2/q+1. The number of halogens is 1. The second-order valence-corrected chi connectivity index (χ2v) is 9.68. The van der Waals surface area contributed by atoms with Crippen LogP contribution in [-0.4, -0.2) is 48.7 Å². The van der Waals surface area contributed by atoms with Crippen LogP contribution in [0.4, 0.5) is 4.39 Å². The van der Waals surface area contributed by atoms with Crippen LogP contribution in [0.2, 0.25) is 0 Å². The van der Waals surface area contributed by atoms with Crippen molar-refractivity contribution >= 4 is 40.0 Å². The zero-order valence-corrected chi connectivity index (χ0v) is 19.3. The first kappa shape index (κ1) is 20.5. The summed E-state index contributed by atoms with van der Waals surface area (Å²) in [7, 11) is 0. The molecule has 162 valence electrons. The van der Waals surface area contributed by atoms with Crippen molar-refractivity contribution in [3.8, 4) is 11.6 Å². The molecule has 0 amide bonds. The molecule has 1 N–H and O–H groups in total. The molecule has 1 saturated carbocycles. The van der Waals surface area contributed by atoms with Crippen molar-refractivity contribution < 1.29 is 17.6 Å². The number of quaternary nitrogens is 1. The second-order valence-electron chi connectivity index (χ2n) is 8.35. The summed E-state index contributed by atoms with van der Waals surface area (Å²) in [5.41, 5.74) is 2.35. The van der Waals surface area contributed by atoms with E-state index in [9.17, 15) is 5.11 Å². The van der Waals surface area contributed by atoms with Crippen molar-refractivity contribution in [1.29, 1.82) is 0 Å². The molecule has 33 heavy (non-hydrogen) atoms. The fourth-order valence-corrected chi connectivity index (χ4v) is 5.19. The third-order valence-corrected chi connectivity index (χ3v) is 7.35. The number of aliphatic imine (C=N–C) groups is 2. The summed E-state index contributed by atoms with van der Waals surface area (Å²) in [5, 5.41) is 10.5. The first-order chi connectivity index (χ1) is 16.0. The monoisotopic (exact) mass is 501 g/mol. The number of amidine groups is 1. The molecule has 3 aromatic rings. The van der Waals surface area contributed by atoms with Gasteiger partial charge in [0.05, 0.1) is 0 Å². The van der Waals surface area contributed by atoms with Gasteiger partial charge in [-0.3, -0.25) is 0 Å². The SMILES string of the molecule is OC1CC(C2=C3C=NC=C[N+]3([As])C(c3ccc4ccc(Oc5ccccc5)nc4c3F)=N2)C1. The number of ether oxygens (including phenoxy) is 1. The number of hydrogen-bond donors (Lipinski definition) is 1. The third-order valence-electron chi connectivity index (χ3n) is 6.23. The molecule has 1 unspecified atom stereocenters. The number of rotatable bonds is 4. The molecule has 1 aliphatic carbocycles. The molecular weight excluding hydrogens is 482 g/mol. The van der Waals surface area contributed by atoms with E-state index in [-0.39, 0.29) is 20.9 Å². The molecule has 8 heteroatoms. The van der Waals surface area contributed by atoms with Crippen LogP contribution in [0, 0.1) is 11.7 Å². The number of fused-ring (bicyclic) bond motifs is 2. The topological polar surface area (TPSA) is 67.1 Å². The van der Waals surface area contributed by atoms with Crippen molar-refractivity contribution in [2.75, 3.05) is 0 Å². The summed E-state index contributed by atoms with van der Waals surface area (Å²) < 4.78 is 21.9. The van der Waals surface area contributed by atoms with E-state index in [1.165, 1.54) is 0 Å². The van der Waals surface area contributed by atoms with Gasteiger partial charge in [-0.2, -0.15) is 0 Å². The zero-order chi connectivity index (χ0) is 22.6. The van der Waals surface area contributed by atoms with Gasteiger partial charge >= 0.3 is 199 Å². The van der Waals surface area contributed by atoms with E-state index in [1.807, 2.05) is 42.6 Å². The summed E-state index contributed by atoms with van der Waals surface area (Å²) in [5.74, 6) is 1.20. The number of aliphatic hydroxyl groups is 1. The Bertz CT molecular complexity index is 1400. The molecule has 2 aromatic carbocycles. The summed E-state index contributed by atoms with van der Waals surface area (Å²) >= 11 is 2.57. The number of hydrogen-bond acceptors (Lipinski definition) is 5. The van der Waals surface area contributed by atoms with Gasteiger partial charge < -0.3 is 0 Å². The van der Waals surface area contributed by atoms with Gasteiger partial charge in [-0.1, -0.05) is 0 Å². The van der Waals surface area contributed by atoms with Crippen LogP contribution in [0.5, 0.6) is 11.6 Å². The van der Waals surface area contributed by atoms with E-state index in [0.717, 1.165) is 11.4 Å². The molecule has 1 atom stereocenters. The molecule has 3 heterocycles. The van der Waals surface area contributed by atoms with Crippen molar-refractivity contribution in [3.63, 3.8) is 0 Å². The van der Waals surface area contributed by atoms with Gasteiger partial charge in [0.2, 0.25) is 0 Å². The average molecular weight is 501 g/mol. The Labute approximate surface area is 198 Å². The summed E-state index contributed by atoms with van der Waals surface area (Å²) in [4.78, 5) is 13.6. The Morgan fingerprint density at radius 3 is 2.64 bits per heavy atom. The van der Waals surface area contributed by atoms with Crippen molar-refractivity contribution in [2.24, 2.45) is 15.9 Å². The van der Waals surface area contributed by atoms with Crippen molar-refractivity contribution in [1.82, 2.24) is 4.98 Å². The van der Waals surface area contributed by atoms with Crippen LogP contribution in [-0.2, 0) is 0 Å². The van der Waals surface area contributed by atoms with Gasteiger partial charge in [-0.25, -0.2) is 0 Å². The molecule has 1 fully saturated rings. The Hall–Kier alpha value is -3.12. The van der Waals surface area contributed by atoms with Gasteiger partial charge in [0.25, 0.3) is 0 Å². The number of aromatic nitrogens is 1. The van der Waals surface area contributed by atoms with Gasteiger partial charge in [0.1, 0.15) is 0 Å². The summed E-state index contributed by atoms with van der Waals surface area (Å²) in [6, 6.07) is 16.4. The first-order valence-electron chi connectivity index (χ1n) is 10.7. The van der Waals surface area contributed by atoms with Crippen LogP contribution < -0.4 is 4.74 Å². The van der Waals surface area contributed by atoms with Gasteiger partial charge in [-0.15, -0.1) is 0 Å². The van der Waals surface area contributed by atoms with E-state index >= 15 is 4.39 Å². The zero-order valence-electron chi connectivity index (χ0n) is 17.5. The Morgan fingerprint density at radius 1 is 1.06 bits per heavy atom. The normalized spacial score (nSPS) is 25.7. The predicted octanol–water partition coefficient (Wildman–Crippen LogP) is 4.36. The first-order valence-corrected chi connectivity index (χ1v) is 11.5. The quantitative estimate of drug-likeness (QED) is 0.541. The van der Waals surface area contributed by atoms with E-state index in [1.54, 1.807) is 30.6 Å². The Morgan fingerprint density at radius 2 is 1.85 bits per heavy atom. The molecule has 2 aliphatic heterocycles. The minimum absolute atomic E-state index is 0.139. The summed E-state index contributed by atoms with van der Waals surface area (Å²) in [6.45, 7) is 0. The fourth-order valence-electron chi connectivity index (χ4n) is 4.42. The van der Waals surface area contributed by atoms with Gasteiger partial charge in [0, 0.05) is 0 Å². The number of pyridine rings is 1. The van der Waals surface area contributed by atoms with Crippen LogP contribution in [0.1, 0.15) is 18.4 Å². The molecule has 1 aromatic heterocycles. The minimum atomic E-state index is -0.446. The Balaban J connectivity index is 1.43. The van der Waals surface area contributed by atoms with E-state index in [2.05, 4.69) is 27.1 Å². The maximum absolute atomic E-state index is 15.9. The Kier molecular flexibility index (Phi) is 4.80. The second kappa shape index (κ2) is 7.73. The predicted molar refractivity (Wildman–Crippen MR) is 124 cm³/mol. The molecule has 0 saturated heterocycles. The van der Waals surface area contributed by atoms with E-state index in [4.69, 9.17) is 9.73 Å². The van der Waals surface area contributed by atoms with Crippen LogP contribution >= 0.6 is 0 Å². The van der Waals surface area contributed by atoms with E-state index < -0.39 is 5.82 Å². The number of aliphatic hydroxyl groups excluding tert-OH is 1. The van der Waals surface area contributed by atoms with Gasteiger partial charge in [-0.05, 0) is 0 Å². The number of para-hydroxylation sites is 1. The van der Waals surface area contributed by atoms with Crippen molar-refractivity contribution in [2.45, 2.75) is 18.9 Å². The summed E-state index contributed by atoms with van der Waals surface area (Å²) in [6.07, 6.45) is 6.35. The number of nitrogens with zero attached hydrogens (tertiary/aromatic N) is 4. The third kappa shape index (κ3) is 3.35. The van der Waals surface area contributed by atoms with E-state index in [0.29, 0.717) is 41.3 Å². The number of allylic oxidation sites excluding steroid dienone is 2. The van der Waals surface area contributed by atoms with Gasteiger partial charge in [0.15, 0.2) is 0 Å². The molecule has 0 spiro atoms. The molecule has 2 radical (unpaired) electrons. The fraction of sp³-hybridized carbons (Fsp3) is 0.160. The van der Waals surface area contributed by atoms with Crippen molar-refractivity contribution in [3.05, 3.63) is 89.8 Å². The maximum atomic E-state index is 15.9. The number of benzene rings is 2. The molecule has 3 aliphatic rings.